The molecule has 11 nitrogen and oxygen atoms in total. The third-order valence-electron chi connectivity index (χ3n) is 6.11. The Hall–Kier alpha value is -3.40. The van der Waals surface area contributed by atoms with Crippen molar-refractivity contribution < 1.29 is 52.3 Å². The minimum Gasteiger partial charge on any atom is -0.490 e. The van der Waals surface area contributed by atoms with E-state index < -0.39 is 24.1 Å². The number of rotatable bonds is 18. The molecule has 47 heavy (non-hydrogen) atoms. The minimum absolute atomic E-state index is 0.0335. The average Bonchev–Trinajstić information content (AvgIpc) is 3.84. The van der Waals surface area contributed by atoms with Crippen molar-refractivity contribution in [2.24, 2.45) is 0 Å². The van der Waals surface area contributed by atoms with Gasteiger partial charge in [0.05, 0.1) is 0 Å². The van der Waals surface area contributed by atoms with Crippen molar-refractivity contribution in [2.45, 2.75) is 21.4 Å². The summed E-state index contributed by atoms with van der Waals surface area (Å²) in [5, 5.41) is 0. The summed E-state index contributed by atoms with van der Waals surface area (Å²) in [4.78, 5) is 48.0. The lowest BCUT2D eigenvalue weighted by Crippen LogP contribution is -2.31. The Labute approximate surface area is 289 Å². The van der Waals surface area contributed by atoms with Crippen LogP contribution in [-0.2, 0) is 38.1 Å². The zero-order valence-corrected chi connectivity index (χ0v) is 28.5. The predicted octanol–water partition coefficient (Wildman–Crippen LogP) is 5.13. The van der Waals surface area contributed by atoms with Crippen LogP contribution in [0.15, 0.2) is 73.8 Å². The van der Waals surface area contributed by atoms with E-state index in [1.165, 1.54) is 47.0 Å². The van der Waals surface area contributed by atoms with Crippen LogP contribution in [0, 0.1) is 0 Å². The average molecular weight is 723 g/mol. The Morgan fingerprint density at radius 1 is 0.596 bits per heavy atom. The third kappa shape index (κ3) is 12.6. The predicted molar refractivity (Wildman–Crippen MR) is 183 cm³/mol. The first-order valence-corrected chi connectivity index (χ1v) is 18.6. The molecule has 0 saturated carbocycles. The number of ether oxygens (including phenoxy) is 7. The van der Waals surface area contributed by atoms with E-state index in [2.05, 4.69) is 13.2 Å². The fraction of sp³-hybridized carbons (Fsp3) is 0.375. The van der Waals surface area contributed by atoms with Gasteiger partial charge in [0.25, 0.3) is 0 Å². The molecule has 2 saturated heterocycles. The van der Waals surface area contributed by atoms with E-state index in [4.69, 9.17) is 33.2 Å². The first kappa shape index (κ1) is 36.4. The largest absolute Gasteiger partial charge is 0.490 e. The number of carbonyl (C=O) groups excluding carboxylic acids is 4. The number of hydrogen-bond acceptors (Lipinski definition) is 15. The summed E-state index contributed by atoms with van der Waals surface area (Å²) in [6.45, 7) is 6.47. The van der Waals surface area contributed by atoms with Gasteiger partial charge in [0.1, 0.15) is 58.6 Å². The standard InChI is InChI=1S/C32H34O11S4/c1-3-27(33)42-25(19-39-29(35)31-44-13-14-45-31)17-37-21-5-9-23(10-6-21)41-24-11-7-22(8-12-24)38-18-26(43-28(34)4-2)20-40-30(36)32-46-15-16-47-32/h3-12,25-26,31-32H,1-2,13-20H2. The molecule has 2 heterocycles. The van der Waals surface area contributed by atoms with Gasteiger partial charge in [-0.3, -0.25) is 0 Å². The van der Waals surface area contributed by atoms with Crippen molar-refractivity contribution >= 4 is 70.9 Å². The van der Waals surface area contributed by atoms with E-state index >= 15 is 0 Å². The van der Waals surface area contributed by atoms with E-state index in [9.17, 15) is 19.2 Å². The van der Waals surface area contributed by atoms with Crippen LogP contribution in [0.25, 0.3) is 0 Å². The zero-order chi connectivity index (χ0) is 33.4. The third-order valence-corrected chi connectivity index (χ3v) is 12.0. The highest BCUT2D eigenvalue weighted by Crippen LogP contribution is 2.33. The Morgan fingerprint density at radius 2 is 0.936 bits per heavy atom. The molecule has 4 rings (SSSR count). The number of esters is 4. The normalized spacial score (nSPS) is 15.9. The summed E-state index contributed by atoms with van der Waals surface area (Å²) in [5.41, 5.74) is 0. The van der Waals surface area contributed by atoms with Gasteiger partial charge >= 0.3 is 23.9 Å². The summed E-state index contributed by atoms with van der Waals surface area (Å²) >= 11 is 6.11. The van der Waals surface area contributed by atoms with E-state index in [0.717, 1.165) is 35.2 Å². The minimum atomic E-state index is -0.813. The molecule has 0 amide bonds. The maximum atomic E-state index is 12.3. The SMILES string of the molecule is C=CC(=O)OC(COC(=O)C1SCCS1)COc1ccc(Oc2ccc(OCC(COC(=O)C3SCCS3)OC(=O)C=C)cc2)cc1. The van der Waals surface area contributed by atoms with E-state index in [-0.39, 0.29) is 47.5 Å². The topological polar surface area (TPSA) is 133 Å². The molecular formula is C32H34O11S4. The molecule has 15 heteroatoms. The maximum absolute atomic E-state index is 12.3. The molecule has 2 fully saturated rings. The summed E-state index contributed by atoms with van der Waals surface area (Å²) in [7, 11) is 0. The smallest absolute Gasteiger partial charge is 0.330 e. The molecule has 2 aliphatic heterocycles. The number of benzene rings is 2. The highest BCUT2D eigenvalue weighted by atomic mass is 32.2. The van der Waals surface area contributed by atoms with Crippen LogP contribution in [0.2, 0.25) is 0 Å². The second-order valence-corrected chi connectivity index (χ2v) is 15.0. The van der Waals surface area contributed by atoms with Crippen LogP contribution in [0.4, 0.5) is 0 Å². The summed E-state index contributed by atoms with van der Waals surface area (Å²) < 4.78 is 38.2. The maximum Gasteiger partial charge on any atom is 0.330 e. The molecule has 2 unspecified atom stereocenters. The van der Waals surface area contributed by atoms with Crippen molar-refractivity contribution in [2.75, 3.05) is 49.4 Å². The molecule has 2 aromatic carbocycles. The molecule has 0 spiro atoms. The molecule has 0 aliphatic carbocycles. The number of thioether (sulfide) groups is 4. The second-order valence-electron chi connectivity index (χ2n) is 9.60. The van der Waals surface area contributed by atoms with Crippen molar-refractivity contribution in [1.82, 2.24) is 0 Å². The molecule has 0 aromatic heterocycles. The van der Waals surface area contributed by atoms with Crippen LogP contribution in [-0.4, -0.2) is 94.7 Å². The van der Waals surface area contributed by atoms with Crippen molar-refractivity contribution in [1.29, 1.82) is 0 Å². The zero-order valence-electron chi connectivity index (χ0n) is 25.3. The van der Waals surface area contributed by atoms with Gasteiger partial charge in [-0.2, -0.15) is 0 Å². The van der Waals surface area contributed by atoms with Crippen LogP contribution in [0.3, 0.4) is 0 Å². The van der Waals surface area contributed by atoms with E-state index in [0.29, 0.717) is 23.0 Å². The lowest BCUT2D eigenvalue weighted by Gasteiger charge is -2.19. The molecule has 0 radical (unpaired) electrons. The summed E-state index contributed by atoms with van der Waals surface area (Å²) in [5.74, 6) is 3.62. The van der Waals surface area contributed by atoms with Crippen LogP contribution in [0.1, 0.15) is 0 Å². The van der Waals surface area contributed by atoms with Gasteiger partial charge in [-0.05, 0) is 48.5 Å². The van der Waals surface area contributed by atoms with Crippen molar-refractivity contribution in [3.8, 4) is 23.0 Å². The fourth-order valence-corrected chi connectivity index (χ4v) is 8.99. The molecule has 252 valence electrons. The Kier molecular flexibility index (Phi) is 15.1. The Morgan fingerprint density at radius 3 is 1.28 bits per heavy atom. The van der Waals surface area contributed by atoms with Gasteiger partial charge in [-0.25, -0.2) is 19.2 Å². The molecular weight excluding hydrogens is 689 g/mol. The first-order chi connectivity index (χ1) is 22.8. The summed E-state index contributed by atoms with van der Waals surface area (Å²) in [6, 6.07) is 13.6. The van der Waals surface area contributed by atoms with Crippen molar-refractivity contribution in [3.05, 3.63) is 73.8 Å². The molecule has 0 N–H and O–H groups in total. The highest BCUT2D eigenvalue weighted by molar-refractivity contribution is 8.21. The van der Waals surface area contributed by atoms with Crippen LogP contribution in [0.5, 0.6) is 23.0 Å². The first-order valence-electron chi connectivity index (χ1n) is 14.4. The number of carbonyl (C=O) groups is 4. The molecule has 2 aliphatic rings. The molecule has 2 aromatic rings. The highest BCUT2D eigenvalue weighted by Gasteiger charge is 2.28. The lowest BCUT2D eigenvalue weighted by atomic mass is 10.3. The van der Waals surface area contributed by atoms with E-state index in [1.807, 2.05) is 0 Å². The lowest BCUT2D eigenvalue weighted by molar-refractivity contribution is -0.156. The van der Waals surface area contributed by atoms with Gasteiger partial charge in [-0.1, -0.05) is 13.2 Å². The Bertz CT molecular complexity index is 1250. The fourth-order valence-electron chi connectivity index (χ4n) is 3.85. The van der Waals surface area contributed by atoms with Crippen LogP contribution >= 0.6 is 47.0 Å². The van der Waals surface area contributed by atoms with E-state index in [1.54, 1.807) is 48.5 Å². The Balaban J connectivity index is 1.23. The summed E-state index contributed by atoms with van der Waals surface area (Å²) in [6.07, 6.45) is 0.448. The van der Waals surface area contributed by atoms with Gasteiger partial charge in [0, 0.05) is 35.2 Å². The van der Waals surface area contributed by atoms with Crippen molar-refractivity contribution in [3.63, 3.8) is 0 Å². The van der Waals surface area contributed by atoms with Gasteiger partial charge in [-0.15, -0.1) is 47.0 Å². The number of hydrogen-bond donors (Lipinski definition) is 0. The van der Waals surface area contributed by atoms with Gasteiger partial charge in [0.15, 0.2) is 12.2 Å². The van der Waals surface area contributed by atoms with Gasteiger partial charge in [0.2, 0.25) is 0 Å². The van der Waals surface area contributed by atoms with Gasteiger partial charge < -0.3 is 33.2 Å². The quantitative estimate of drug-likeness (QED) is 0.114. The van der Waals surface area contributed by atoms with Crippen LogP contribution < -0.4 is 14.2 Å². The molecule has 0 bridgehead atoms. The second kappa shape index (κ2) is 19.4. The molecule has 2 atom stereocenters. The monoisotopic (exact) mass is 722 g/mol.